The van der Waals surface area contributed by atoms with Crippen molar-refractivity contribution in [2.45, 2.75) is 23.6 Å². The number of rotatable bonds is 4. The first-order chi connectivity index (χ1) is 10.6. The first kappa shape index (κ1) is 15.6. The number of hydrogen-bond acceptors (Lipinski definition) is 3. The molecular weight excluding hydrogens is 314 g/mol. The van der Waals surface area contributed by atoms with Crippen LogP contribution in [-0.2, 0) is 16.4 Å². The first-order valence-electron chi connectivity index (χ1n) is 7.40. The predicted octanol–water partition coefficient (Wildman–Crippen LogP) is 3.69. The maximum absolute atomic E-state index is 12.9. The van der Waals surface area contributed by atoms with Gasteiger partial charge in [-0.2, -0.15) is 4.31 Å². The van der Waals surface area contributed by atoms with Crippen LogP contribution in [0.25, 0.3) is 0 Å². The van der Waals surface area contributed by atoms with Crippen LogP contribution in [0, 0.1) is 0 Å². The number of benzene rings is 2. The predicted molar refractivity (Wildman–Crippen MR) is 91.4 cm³/mol. The van der Waals surface area contributed by atoms with Crippen molar-refractivity contribution in [2.75, 3.05) is 12.3 Å². The Kier molecular flexibility index (Phi) is 4.57. The molecule has 0 bridgehead atoms. The molecule has 116 valence electrons. The van der Waals surface area contributed by atoms with Crippen molar-refractivity contribution in [1.29, 1.82) is 0 Å². The Balaban J connectivity index is 1.93. The molecule has 3 nitrogen and oxygen atoms in total. The molecule has 1 unspecified atom stereocenters. The molecule has 0 amide bonds. The third kappa shape index (κ3) is 2.93. The van der Waals surface area contributed by atoms with E-state index in [9.17, 15) is 8.42 Å². The van der Waals surface area contributed by atoms with Crippen molar-refractivity contribution in [1.82, 2.24) is 4.31 Å². The van der Waals surface area contributed by atoms with Crippen molar-refractivity contribution < 1.29 is 8.42 Å². The molecule has 0 spiro atoms. The lowest BCUT2D eigenvalue weighted by Crippen LogP contribution is -2.30. The van der Waals surface area contributed by atoms with Crippen molar-refractivity contribution in [3.63, 3.8) is 0 Å². The largest absolute Gasteiger partial charge is 0.244 e. The molecule has 1 atom stereocenters. The molecule has 1 aliphatic rings. The zero-order valence-corrected chi connectivity index (χ0v) is 14.1. The topological polar surface area (TPSA) is 37.4 Å². The van der Waals surface area contributed by atoms with Crippen LogP contribution in [0.1, 0.15) is 23.4 Å². The smallest absolute Gasteiger partial charge is 0.207 e. The SMILES string of the molecule is CCc1ccc(S(=O)(=O)N2CCSC2c2ccccc2)cc1. The van der Waals surface area contributed by atoms with Crippen LogP contribution in [0.2, 0.25) is 0 Å². The van der Waals surface area contributed by atoms with Crippen LogP contribution >= 0.6 is 11.8 Å². The first-order valence-corrected chi connectivity index (χ1v) is 9.89. The molecule has 2 aromatic rings. The molecule has 1 fully saturated rings. The molecule has 0 saturated carbocycles. The van der Waals surface area contributed by atoms with E-state index in [4.69, 9.17) is 0 Å². The van der Waals surface area contributed by atoms with E-state index in [2.05, 4.69) is 6.92 Å². The maximum atomic E-state index is 12.9. The van der Waals surface area contributed by atoms with Gasteiger partial charge in [-0.25, -0.2) is 8.42 Å². The minimum Gasteiger partial charge on any atom is -0.207 e. The highest BCUT2D eigenvalue weighted by atomic mass is 32.2. The summed E-state index contributed by atoms with van der Waals surface area (Å²) in [5.74, 6) is 0.825. The lowest BCUT2D eigenvalue weighted by Gasteiger charge is -2.23. The Labute approximate surface area is 136 Å². The number of sulfonamides is 1. The van der Waals surface area contributed by atoms with Crippen molar-refractivity contribution in [2.24, 2.45) is 0 Å². The van der Waals surface area contributed by atoms with Gasteiger partial charge in [-0.3, -0.25) is 0 Å². The highest BCUT2D eigenvalue weighted by Crippen LogP contribution is 2.41. The van der Waals surface area contributed by atoms with E-state index >= 15 is 0 Å². The second-order valence-electron chi connectivity index (χ2n) is 5.25. The molecule has 1 aliphatic heterocycles. The van der Waals surface area contributed by atoms with Crippen molar-refractivity contribution in [3.05, 3.63) is 65.7 Å². The fraction of sp³-hybridized carbons (Fsp3) is 0.294. The molecule has 3 rings (SSSR count). The maximum Gasteiger partial charge on any atom is 0.244 e. The fourth-order valence-corrected chi connectivity index (χ4v) is 5.85. The van der Waals surface area contributed by atoms with E-state index in [1.165, 1.54) is 0 Å². The van der Waals surface area contributed by atoms with Gasteiger partial charge >= 0.3 is 0 Å². The number of hydrogen-bond donors (Lipinski definition) is 0. The molecule has 1 saturated heterocycles. The highest BCUT2D eigenvalue weighted by Gasteiger charge is 2.36. The third-order valence-electron chi connectivity index (χ3n) is 3.87. The lowest BCUT2D eigenvalue weighted by molar-refractivity contribution is 0.434. The van der Waals surface area contributed by atoms with Crippen LogP contribution in [0.15, 0.2) is 59.5 Å². The van der Waals surface area contributed by atoms with Gasteiger partial charge in [-0.15, -0.1) is 11.8 Å². The summed E-state index contributed by atoms with van der Waals surface area (Å²) in [6.45, 7) is 2.62. The van der Waals surface area contributed by atoms with Gasteiger partial charge in [0.15, 0.2) is 0 Å². The summed E-state index contributed by atoms with van der Waals surface area (Å²) in [4.78, 5) is 0.383. The van der Waals surface area contributed by atoms with Gasteiger partial charge < -0.3 is 0 Å². The van der Waals surface area contributed by atoms with Gasteiger partial charge in [0.05, 0.1) is 10.3 Å². The minimum absolute atomic E-state index is 0.128. The Morgan fingerprint density at radius 1 is 1.09 bits per heavy atom. The molecule has 0 N–H and O–H groups in total. The van der Waals surface area contributed by atoms with Crippen molar-refractivity contribution in [3.8, 4) is 0 Å². The molecule has 5 heteroatoms. The molecule has 0 radical (unpaired) electrons. The van der Waals surface area contributed by atoms with Crippen molar-refractivity contribution >= 4 is 21.8 Å². The normalized spacial score (nSPS) is 19.4. The van der Waals surface area contributed by atoms with Gasteiger partial charge in [-0.05, 0) is 29.7 Å². The Bertz CT molecular complexity index is 727. The number of thioether (sulfide) groups is 1. The zero-order valence-electron chi connectivity index (χ0n) is 12.5. The quantitative estimate of drug-likeness (QED) is 0.856. The summed E-state index contributed by atoms with van der Waals surface area (Å²) in [5, 5.41) is -0.128. The molecule has 1 heterocycles. The van der Waals surface area contributed by atoms with Crippen LogP contribution in [0.4, 0.5) is 0 Å². The average molecular weight is 333 g/mol. The molecule has 0 aliphatic carbocycles. The molecule has 22 heavy (non-hydrogen) atoms. The third-order valence-corrected chi connectivity index (χ3v) is 7.14. The second-order valence-corrected chi connectivity index (χ2v) is 8.33. The summed E-state index contributed by atoms with van der Waals surface area (Å²) in [6.07, 6.45) is 0.909. The van der Waals surface area contributed by atoms with Crippen LogP contribution in [-0.4, -0.2) is 25.0 Å². The summed E-state index contributed by atoms with van der Waals surface area (Å²) >= 11 is 1.68. The average Bonchev–Trinajstić information content (AvgIpc) is 3.06. The second kappa shape index (κ2) is 6.44. The Morgan fingerprint density at radius 3 is 2.41 bits per heavy atom. The van der Waals surface area contributed by atoms with Gasteiger partial charge in [0.25, 0.3) is 0 Å². The lowest BCUT2D eigenvalue weighted by atomic mass is 10.2. The van der Waals surface area contributed by atoms with Gasteiger partial charge in [-0.1, -0.05) is 49.4 Å². The standard InChI is InChI=1S/C17H19NO2S2/c1-2-14-8-10-16(11-9-14)22(19,20)18-12-13-21-17(18)15-6-4-3-5-7-15/h3-11,17H,2,12-13H2,1H3. The fourth-order valence-electron chi connectivity index (χ4n) is 2.61. The summed E-state index contributed by atoms with van der Waals surface area (Å²) in [7, 11) is -3.45. The number of nitrogens with zero attached hydrogens (tertiary/aromatic N) is 1. The van der Waals surface area contributed by atoms with Gasteiger partial charge in [0.2, 0.25) is 10.0 Å². The Morgan fingerprint density at radius 2 is 1.77 bits per heavy atom. The molecule has 2 aromatic carbocycles. The van der Waals surface area contributed by atoms with Gasteiger partial charge in [0.1, 0.15) is 0 Å². The van der Waals surface area contributed by atoms with E-state index < -0.39 is 10.0 Å². The minimum atomic E-state index is -3.45. The highest BCUT2D eigenvalue weighted by molar-refractivity contribution is 8.01. The van der Waals surface area contributed by atoms with E-state index in [0.717, 1.165) is 23.3 Å². The van der Waals surface area contributed by atoms with E-state index in [1.807, 2.05) is 42.5 Å². The van der Waals surface area contributed by atoms with Crippen LogP contribution in [0.3, 0.4) is 0 Å². The van der Waals surface area contributed by atoms with Crippen LogP contribution < -0.4 is 0 Å². The van der Waals surface area contributed by atoms with Crippen LogP contribution in [0.5, 0.6) is 0 Å². The summed E-state index contributed by atoms with van der Waals surface area (Å²) in [5.41, 5.74) is 2.19. The summed E-state index contributed by atoms with van der Waals surface area (Å²) in [6, 6.07) is 17.1. The monoisotopic (exact) mass is 333 g/mol. The van der Waals surface area contributed by atoms with E-state index in [0.29, 0.717) is 11.4 Å². The molecular formula is C17H19NO2S2. The van der Waals surface area contributed by atoms with Gasteiger partial charge in [0, 0.05) is 12.3 Å². The molecule has 0 aromatic heterocycles. The van der Waals surface area contributed by atoms with E-state index in [-0.39, 0.29) is 5.37 Å². The van der Waals surface area contributed by atoms with E-state index in [1.54, 1.807) is 28.2 Å². The summed E-state index contributed by atoms with van der Waals surface area (Å²) < 4.78 is 27.5. The number of aryl methyl sites for hydroxylation is 1. The Hall–Kier alpha value is -1.30. The zero-order chi connectivity index (χ0) is 15.6.